The molecule has 2 atom stereocenters. The van der Waals surface area contributed by atoms with Gasteiger partial charge in [-0.1, -0.05) is 36.2 Å². The van der Waals surface area contributed by atoms with E-state index in [0.717, 1.165) is 25.5 Å². The number of nitrogens with zero attached hydrogens (tertiary/aromatic N) is 2. The monoisotopic (exact) mass is 331 g/mol. The zero-order valence-electron chi connectivity index (χ0n) is 15.4. The molecule has 2 unspecified atom stereocenters. The Hall–Kier alpha value is -2.04. The van der Waals surface area contributed by atoms with E-state index < -0.39 is 0 Å². The number of ether oxygens (including phenoxy) is 1. The number of hydrogen-bond donors (Lipinski definition) is 1. The van der Waals surface area contributed by atoms with Gasteiger partial charge in [-0.25, -0.2) is 0 Å². The van der Waals surface area contributed by atoms with Gasteiger partial charge < -0.3 is 15.0 Å². The summed E-state index contributed by atoms with van der Waals surface area (Å²) in [6.45, 7) is 8.65. The molecule has 0 radical (unpaired) electrons. The standard InChI is InChI=1S/C19H29N3O2/c1-13-8-14(2)10-16(9-13)6-7-21-19(20-4)22-11-15(3)17(12-22)18(23)24-5/h8-10,15,17H,6-7,11-12H2,1-5H3,(H,20,21). The molecule has 1 aromatic carbocycles. The molecule has 1 aliphatic rings. The highest BCUT2D eigenvalue weighted by molar-refractivity contribution is 5.82. The molecule has 2 rings (SSSR count). The highest BCUT2D eigenvalue weighted by Gasteiger charge is 2.36. The molecular formula is C19H29N3O2. The minimum absolute atomic E-state index is 0.0760. The summed E-state index contributed by atoms with van der Waals surface area (Å²) in [4.78, 5) is 18.4. The molecular weight excluding hydrogens is 302 g/mol. The van der Waals surface area contributed by atoms with E-state index in [2.05, 4.69) is 54.2 Å². The number of methoxy groups -OCH3 is 1. The third kappa shape index (κ3) is 4.49. The molecule has 1 aromatic rings. The summed E-state index contributed by atoms with van der Waals surface area (Å²) in [6.07, 6.45) is 0.950. The van der Waals surface area contributed by atoms with Gasteiger partial charge in [-0.15, -0.1) is 0 Å². The first-order chi connectivity index (χ1) is 11.4. The molecule has 0 saturated carbocycles. The van der Waals surface area contributed by atoms with Gasteiger partial charge in [0.1, 0.15) is 0 Å². The number of aryl methyl sites for hydroxylation is 2. The van der Waals surface area contributed by atoms with Crippen LogP contribution < -0.4 is 5.32 Å². The number of likely N-dealkylation sites (tertiary alicyclic amines) is 1. The van der Waals surface area contributed by atoms with Crippen LogP contribution in [-0.2, 0) is 16.0 Å². The van der Waals surface area contributed by atoms with Crippen LogP contribution in [0.15, 0.2) is 23.2 Å². The van der Waals surface area contributed by atoms with E-state index in [1.165, 1.54) is 23.8 Å². The molecule has 0 bridgehead atoms. The lowest BCUT2D eigenvalue weighted by Crippen LogP contribution is -2.41. The molecule has 0 aromatic heterocycles. The van der Waals surface area contributed by atoms with Crippen molar-refractivity contribution in [1.82, 2.24) is 10.2 Å². The first-order valence-corrected chi connectivity index (χ1v) is 8.55. The van der Waals surface area contributed by atoms with E-state index in [9.17, 15) is 4.79 Å². The van der Waals surface area contributed by atoms with Gasteiger partial charge in [-0.2, -0.15) is 0 Å². The van der Waals surface area contributed by atoms with Crippen LogP contribution in [0.2, 0.25) is 0 Å². The Bertz CT molecular complexity index is 592. The smallest absolute Gasteiger partial charge is 0.310 e. The van der Waals surface area contributed by atoms with Crippen LogP contribution in [0.5, 0.6) is 0 Å². The number of guanidine groups is 1. The Kier molecular flexibility index (Phi) is 6.23. The van der Waals surface area contributed by atoms with Crippen molar-refractivity contribution in [2.45, 2.75) is 27.2 Å². The lowest BCUT2D eigenvalue weighted by molar-refractivity contribution is -0.145. The van der Waals surface area contributed by atoms with Gasteiger partial charge in [0, 0.05) is 26.7 Å². The lowest BCUT2D eigenvalue weighted by Gasteiger charge is -2.21. The van der Waals surface area contributed by atoms with Gasteiger partial charge in [-0.05, 0) is 31.7 Å². The number of hydrogen-bond acceptors (Lipinski definition) is 3. The summed E-state index contributed by atoms with van der Waals surface area (Å²) in [6, 6.07) is 6.64. The van der Waals surface area contributed by atoms with Crippen molar-refractivity contribution in [2.75, 3.05) is 33.8 Å². The molecule has 24 heavy (non-hydrogen) atoms. The molecule has 1 aliphatic heterocycles. The molecule has 5 heteroatoms. The molecule has 0 spiro atoms. The summed E-state index contributed by atoms with van der Waals surface area (Å²) in [5, 5.41) is 3.42. The van der Waals surface area contributed by atoms with Crippen molar-refractivity contribution in [2.24, 2.45) is 16.8 Å². The Morgan fingerprint density at radius 3 is 2.54 bits per heavy atom. The average Bonchev–Trinajstić information content (AvgIpc) is 2.91. The second kappa shape index (κ2) is 8.18. The maximum absolute atomic E-state index is 11.8. The van der Waals surface area contributed by atoms with E-state index in [0.29, 0.717) is 6.54 Å². The molecule has 1 heterocycles. The van der Waals surface area contributed by atoms with Crippen molar-refractivity contribution in [1.29, 1.82) is 0 Å². The minimum atomic E-state index is -0.129. The fraction of sp³-hybridized carbons (Fsp3) is 0.579. The molecule has 1 fully saturated rings. The SMILES string of the molecule is CN=C(NCCc1cc(C)cc(C)c1)N1CC(C)C(C(=O)OC)C1. The third-order valence-corrected chi connectivity index (χ3v) is 4.61. The van der Waals surface area contributed by atoms with Crippen LogP contribution in [0.25, 0.3) is 0 Å². The van der Waals surface area contributed by atoms with Crippen LogP contribution >= 0.6 is 0 Å². The van der Waals surface area contributed by atoms with Crippen LogP contribution in [0.1, 0.15) is 23.6 Å². The predicted molar refractivity (Wildman–Crippen MR) is 97.2 cm³/mol. The zero-order valence-corrected chi connectivity index (χ0v) is 15.4. The molecule has 0 amide bonds. The molecule has 1 N–H and O–H groups in total. The first kappa shape index (κ1) is 18.3. The quantitative estimate of drug-likeness (QED) is 0.522. The Balaban J connectivity index is 1.90. The van der Waals surface area contributed by atoms with Gasteiger partial charge in [0.15, 0.2) is 5.96 Å². The fourth-order valence-electron chi connectivity index (χ4n) is 3.46. The van der Waals surface area contributed by atoms with Crippen molar-refractivity contribution in [3.8, 4) is 0 Å². The van der Waals surface area contributed by atoms with Crippen LogP contribution in [0.4, 0.5) is 0 Å². The predicted octanol–water partition coefficient (Wildman–Crippen LogP) is 2.16. The molecule has 0 aliphatic carbocycles. The van der Waals surface area contributed by atoms with Crippen LogP contribution in [-0.4, -0.2) is 50.6 Å². The van der Waals surface area contributed by atoms with Gasteiger partial charge in [0.2, 0.25) is 0 Å². The maximum Gasteiger partial charge on any atom is 0.310 e. The Morgan fingerprint density at radius 2 is 1.96 bits per heavy atom. The van der Waals surface area contributed by atoms with E-state index >= 15 is 0 Å². The minimum Gasteiger partial charge on any atom is -0.469 e. The topological polar surface area (TPSA) is 53.9 Å². The Morgan fingerprint density at radius 1 is 1.29 bits per heavy atom. The molecule has 1 saturated heterocycles. The van der Waals surface area contributed by atoms with Crippen molar-refractivity contribution < 1.29 is 9.53 Å². The number of carbonyl (C=O) groups excluding carboxylic acids is 1. The van der Waals surface area contributed by atoms with Gasteiger partial charge in [-0.3, -0.25) is 9.79 Å². The summed E-state index contributed by atoms with van der Waals surface area (Å²) in [5.41, 5.74) is 3.92. The van der Waals surface area contributed by atoms with Crippen molar-refractivity contribution >= 4 is 11.9 Å². The van der Waals surface area contributed by atoms with E-state index in [4.69, 9.17) is 4.74 Å². The van der Waals surface area contributed by atoms with Crippen LogP contribution in [0, 0.1) is 25.7 Å². The van der Waals surface area contributed by atoms with Crippen molar-refractivity contribution in [3.05, 3.63) is 34.9 Å². The average molecular weight is 331 g/mol. The Labute approximate surface area is 145 Å². The van der Waals surface area contributed by atoms with Gasteiger partial charge in [0.05, 0.1) is 13.0 Å². The second-order valence-electron chi connectivity index (χ2n) is 6.73. The summed E-state index contributed by atoms with van der Waals surface area (Å²) < 4.78 is 4.90. The number of nitrogens with one attached hydrogen (secondary N) is 1. The highest BCUT2D eigenvalue weighted by atomic mass is 16.5. The summed E-state index contributed by atoms with van der Waals surface area (Å²) >= 11 is 0. The normalized spacial score (nSPS) is 21.0. The van der Waals surface area contributed by atoms with Gasteiger partial charge in [0.25, 0.3) is 0 Å². The third-order valence-electron chi connectivity index (χ3n) is 4.61. The summed E-state index contributed by atoms with van der Waals surface area (Å²) in [5.74, 6) is 0.928. The number of esters is 1. The fourth-order valence-corrected chi connectivity index (χ4v) is 3.46. The largest absolute Gasteiger partial charge is 0.469 e. The van der Waals surface area contributed by atoms with Crippen molar-refractivity contribution in [3.63, 3.8) is 0 Å². The first-order valence-electron chi connectivity index (χ1n) is 8.55. The highest BCUT2D eigenvalue weighted by Crippen LogP contribution is 2.24. The zero-order chi connectivity index (χ0) is 17.7. The number of aliphatic imine (C=N–C) groups is 1. The van der Waals surface area contributed by atoms with Gasteiger partial charge >= 0.3 is 5.97 Å². The number of benzene rings is 1. The second-order valence-corrected chi connectivity index (χ2v) is 6.73. The summed E-state index contributed by atoms with van der Waals surface area (Å²) in [7, 11) is 3.24. The van der Waals surface area contributed by atoms with E-state index in [1.54, 1.807) is 7.05 Å². The van der Waals surface area contributed by atoms with Crippen LogP contribution in [0.3, 0.4) is 0 Å². The molecule has 5 nitrogen and oxygen atoms in total. The lowest BCUT2D eigenvalue weighted by atomic mass is 9.99. The van der Waals surface area contributed by atoms with E-state index in [1.807, 2.05) is 0 Å². The number of rotatable bonds is 4. The number of carbonyl (C=O) groups is 1. The molecule has 132 valence electrons. The van der Waals surface area contributed by atoms with E-state index in [-0.39, 0.29) is 17.8 Å². The maximum atomic E-state index is 11.8.